The van der Waals surface area contributed by atoms with E-state index in [1.54, 1.807) is 13.0 Å². The summed E-state index contributed by atoms with van der Waals surface area (Å²) in [5.74, 6) is 0.356. The summed E-state index contributed by atoms with van der Waals surface area (Å²) in [6.07, 6.45) is 4.46. The highest BCUT2D eigenvalue weighted by molar-refractivity contribution is 5.37. The van der Waals surface area contributed by atoms with Gasteiger partial charge in [-0.3, -0.25) is 0 Å². The van der Waals surface area contributed by atoms with Crippen molar-refractivity contribution in [3.05, 3.63) is 0 Å². The molecule has 2 aliphatic rings. The fourth-order valence-corrected chi connectivity index (χ4v) is 3.32. The lowest BCUT2D eigenvalue weighted by molar-refractivity contribution is -0.0403. The van der Waals surface area contributed by atoms with Crippen molar-refractivity contribution in [2.24, 2.45) is 10.9 Å². The van der Waals surface area contributed by atoms with E-state index in [4.69, 9.17) is 0 Å². The number of halogens is 1. The highest BCUT2D eigenvalue weighted by Gasteiger charge is 2.57. The zero-order valence-electron chi connectivity index (χ0n) is 10.0. The summed E-state index contributed by atoms with van der Waals surface area (Å²) in [4.78, 5) is 16.7. The Morgan fingerprint density at radius 2 is 1.94 bits per heavy atom. The maximum Gasteiger partial charge on any atom is 0.235 e. The number of rotatable bonds is 2. The molecule has 0 unspecified atom stereocenters. The van der Waals surface area contributed by atoms with Gasteiger partial charge >= 0.3 is 0 Å². The average molecular weight is 226 g/mol. The standard InChI is InChI=1S/C12H19FN2O/c1-11(13)7-12(8-11,14-9-16)10-3-5-15(2)6-4-10/h10H,3-8H2,1-2H3. The summed E-state index contributed by atoms with van der Waals surface area (Å²) in [6.45, 7) is 3.63. The maximum atomic E-state index is 13.7. The van der Waals surface area contributed by atoms with E-state index in [0.717, 1.165) is 25.9 Å². The van der Waals surface area contributed by atoms with Crippen molar-refractivity contribution in [2.75, 3.05) is 20.1 Å². The molecule has 0 atom stereocenters. The van der Waals surface area contributed by atoms with Gasteiger partial charge in [-0.1, -0.05) is 0 Å². The largest absolute Gasteiger partial charge is 0.306 e. The summed E-state index contributed by atoms with van der Waals surface area (Å²) >= 11 is 0. The lowest BCUT2D eigenvalue weighted by atomic mass is 9.59. The number of carbonyl (C=O) groups excluding carboxylic acids is 1. The summed E-state index contributed by atoms with van der Waals surface area (Å²) in [7, 11) is 2.09. The van der Waals surface area contributed by atoms with Crippen LogP contribution in [0.15, 0.2) is 4.99 Å². The van der Waals surface area contributed by atoms with Crippen LogP contribution >= 0.6 is 0 Å². The van der Waals surface area contributed by atoms with Gasteiger partial charge < -0.3 is 4.90 Å². The average Bonchev–Trinajstić information content (AvgIpc) is 2.16. The SMILES string of the molecule is CN1CCC(C2(N=C=O)CC(C)(F)C2)CC1. The minimum absolute atomic E-state index is 0.356. The van der Waals surface area contributed by atoms with Gasteiger partial charge in [0.15, 0.2) is 0 Å². The first kappa shape index (κ1) is 11.7. The number of aliphatic imine (C=N–C) groups is 1. The van der Waals surface area contributed by atoms with Crippen LogP contribution in [0.1, 0.15) is 32.6 Å². The first-order valence-corrected chi connectivity index (χ1v) is 5.94. The number of likely N-dealkylation sites (tertiary alicyclic amines) is 1. The molecule has 90 valence electrons. The molecule has 1 saturated carbocycles. The molecular formula is C12H19FN2O. The van der Waals surface area contributed by atoms with Gasteiger partial charge in [0, 0.05) is 12.8 Å². The zero-order valence-corrected chi connectivity index (χ0v) is 10.0. The molecule has 16 heavy (non-hydrogen) atoms. The van der Waals surface area contributed by atoms with Gasteiger partial charge in [0.05, 0.1) is 5.54 Å². The monoisotopic (exact) mass is 226 g/mol. The number of piperidine rings is 1. The Labute approximate surface area is 95.7 Å². The molecule has 0 N–H and O–H groups in total. The number of alkyl halides is 1. The van der Waals surface area contributed by atoms with Crippen molar-refractivity contribution in [2.45, 2.75) is 43.8 Å². The number of nitrogens with zero attached hydrogens (tertiary/aromatic N) is 2. The molecule has 0 aromatic rings. The van der Waals surface area contributed by atoms with E-state index >= 15 is 0 Å². The van der Waals surface area contributed by atoms with Crippen LogP contribution in [-0.4, -0.2) is 42.3 Å². The van der Waals surface area contributed by atoms with E-state index < -0.39 is 11.2 Å². The number of hydrogen-bond donors (Lipinski definition) is 0. The molecule has 1 aliphatic carbocycles. The Morgan fingerprint density at radius 3 is 2.38 bits per heavy atom. The fraction of sp³-hybridized carbons (Fsp3) is 0.917. The molecule has 1 heterocycles. The predicted molar refractivity (Wildman–Crippen MR) is 59.8 cm³/mol. The molecular weight excluding hydrogens is 207 g/mol. The second kappa shape index (κ2) is 3.94. The molecule has 0 amide bonds. The highest BCUT2D eigenvalue weighted by Crippen LogP contribution is 2.53. The zero-order chi connectivity index (χ0) is 11.8. The third-order valence-corrected chi connectivity index (χ3v) is 4.10. The Balaban J connectivity index is 2.07. The molecule has 1 saturated heterocycles. The van der Waals surface area contributed by atoms with Crippen LogP contribution < -0.4 is 0 Å². The summed E-state index contributed by atoms with van der Waals surface area (Å²) in [5, 5.41) is 0. The van der Waals surface area contributed by atoms with Crippen molar-refractivity contribution in [1.29, 1.82) is 0 Å². The molecule has 0 bridgehead atoms. The van der Waals surface area contributed by atoms with E-state index in [0.29, 0.717) is 18.8 Å². The second-order valence-electron chi connectivity index (χ2n) is 5.65. The molecule has 2 fully saturated rings. The lowest BCUT2D eigenvalue weighted by Crippen LogP contribution is -2.57. The van der Waals surface area contributed by atoms with Crippen LogP contribution in [0.3, 0.4) is 0 Å². The fourth-order valence-electron chi connectivity index (χ4n) is 3.32. The van der Waals surface area contributed by atoms with Crippen molar-refractivity contribution in [3.63, 3.8) is 0 Å². The highest BCUT2D eigenvalue weighted by atomic mass is 19.1. The first-order valence-electron chi connectivity index (χ1n) is 5.94. The minimum Gasteiger partial charge on any atom is -0.306 e. The summed E-state index contributed by atoms with van der Waals surface area (Å²) in [6, 6.07) is 0. The topological polar surface area (TPSA) is 32.7 Å². The molecule has 4 heteroatoms. The van der Waals surface area contributed by atoms with Gasteiger partial charge in [-0.2, -0.15) is 4.99 Å². The van der Waals surface area contributed by atoms with Gasteiger partial charge in [0.2, 0.25) is 6.08 Å². The van der Waals surface area contributed by atoms with Crippen molar-refractivity contribution >= 4 is 6.08 Å². The normalized spacial score (nSPS) is 41.2. The van der Waals surface area contributed by atoms with Crippen molar-refractivity contribution in [3.8, 4) is 0 Å². The molecule has 3 nitrogen and oxygen atoms in total. The molecule has 2 rings (SSSR count). The van der Waals surface area contributed by atoms with Gasteiger partial charge in [0.25, 0.3) is 0 Å². The first-order chi connectivity index (χ1) is 7.47. The van der Waals surface area contributed by atoms with E-state index in [-0.39, 0.29) is 0 Å². The van der Waals surface area contributed by atoms with E-state index in [2.05, 4.69) is 16.9 Å². The van der Waals surface area contributed by atoms with Crippen LogP contribution in [0.4, 0.5) is 4.39 Å². The van der Waals surface area contributed by atoms with Crippen LogP contribution in [0.25, 0.3) is 0 Å². The molecule has 0 aromatic heterocycles. The van der Waals surface area contributed by atoms with Gasteiger partial charge in [-0.25, -0.2) is 9.18 Å². The molecule has 0 spiro atoms. The van der Waals surface area contributed by atoms with Gasteiger partial charge in [-0.05, 0) is 45.8 Å². The van der Waals surface area contributed by atoms with Crippen LogP contribution in [0.2, 0.25) is 0 Å². The summed E-state index contributed by atoms with van der Waals surface area (Å²) < 4.78 is 13.7. The minimum atomic E-state index is -1.14. The smallest absolute Gasteiger partial charge is 0.235 e. The van der Waals surface area contributed by atoms with Crippen LogP contribution in [0.5, 0.6) is 0 Å². The third kappa shape index (κ3) is 2.04. The Bertz CT molecular complexity index is 307. The second-order valence-corrected chi connectivity index (χ2v) is 5.65. The van der Waals surface area contributed by atoms with E-state index in [1.807, 2.05) is 0 Å². The number of hydrogen-bond acceptors (Lipinski definition) is 3. The summed E-state index contributed by atoms with van der Waals surface area (Å²) in [5.41, 5.74) is -1.57. The van der Waals surface area contributed by atoms with Crippen molar-refractivity contribution in [1.82, 2.24) is 4.90 Å². The predicted octanol–water partition coefficient (Wildman–Crippen LogP) is 1.92. The third-order valence-electron chi connectivity index (χ3n) is 4.10. The van der Waals surface area contributed by atoms with Crippen LogP contribution in [-0.2, 0) is 4.79 Å². The quantitative estimate of drug-likeness (QED) is 0.532. The van der Waals surface area contributed by atoms with Gasteiger partial charge in [-0.15, -0.1) is 0 Å². The number of isocyanates is 1. The molecule has 0 radical (unpaired) electrons. The lowest BCUT2D eigenvalue weighted by Gasteiger charge is -2.52. The van der Waals surface area contributed by atoms with E-state index in [9.17, 15) is 9.18 Å². The van der Waals surface area contributed by atoms with E-state index in [1.165, 1.54) is 0 Å². The van der Waals surface area contributed by atoms with Crippen LogP contribution in [0, 0.1) is 5.92 Å². The molecule has 0 aromatic carbocycles. The maximum absolute atomic E-state index is 13.7. The molecule has 1 aliphatic heterocycles. The van der Waals surface area contributed by atoms with Crippen molar-refractivity contribution < 1.29 is 9.18 Å². The Hall–Kier alpha value is -0.730. The van der Waals surface area contributed by atoms with Gasteiger partial charge in [0.1, 0.15) is 5.67 Å². The Morgan fingerprint density at radius 1 is 1.38 bits per heavy atom. The Kier molecular flexibility index (Phi) is 2.89.